The van der Waals surface area contributed by atoms with Crippen molar-refractivity contribution in [2.24, 2.45) is 4.99 Å². The minimum Gasteiger partial charge on any atom is -0.490 e. The van der Waals surface area contributed by atoms with Crippen LogP contribution in [-0.4, -0.2) is 21.8 Å². The zero-order valence-corrected chi connectivity index (χ0v) is 19.3. The summed E-state index contributed by atoms with van der Waals surface area (Å²) in [4.78, 5) is 6.01. The number of benzene rings is 1. The molecule has 0 saturated heterocycles. The van der Waals surface area contributed by atoms with Gasteiger partial charge in [0.2, 0.25) is 0 Å². The van der Waals surface area contributed by atoms with Crippen LogP contribution in [0, 0.1) is 11.3 Å². The Balaban J connectivity index is 2.01. The van der Waals surface area contributed by atoms with Crippen LogP contribution in [-0.2, 0) is 12.0 Å². The average molecular weight is 468 g/mol. The van der Waals surface area contributed by atoms with Gasteiger partial charge in [0.1, 0.15) is 10.7 Å². The number of hydrogen-bond acceptors (Lipinski definition) is 4. The maximum absolute atomic E-state index is 12.8. The molecule has 0 spiro atoms. The fourth-order valence-electron chi connectivity index (χ4n) is 2.91. The summed E-state index contributed by atoms with van der Waals surface area (Å²) in [5.41, 5.74) is 0.688. The van der Waals surface area contributed by atoms with Crippen LogP contribution in [0.3, 0.4) is 0 Å². The normalized spacial score (nSPS) is 15.5. The van der Waals surface area contributed by atoms with Gasteiger partial charge >= 0.3 is 6.18 Å². The Hall–Kier alpha value is -2.18. The summed E-state index contributed by atoms with van der Waals surface area (Å²) in [6.45, 7) is 5.75. The zero-order valence-electron chi connectivity index (χ0n) is 17.6. The molecule has 1 saturated carbocycles. The average Bonchev–Trinajstić information content (AvgIpc) is 3.05. The van der Waals surface area contributed by atoms with Crippen molar-refractivity contribution < 1.29 is 17.9 Å². The molecule has 4 nitrogen and oxygen atoms in total. The smallest absolute Gasteiger partial charge is 0.390 e. The van der Waals surface area contributed by atoms with Crippen LogP contribution < -0.4 is 9.54 Å². The third-order valence-electron chi connectivity index (χ3n) is 4.98. The van der Waals surface area contributed by atoms with Crippen LogP contribution in [0.5, 0.6) is 5.75 Å². The molecule has 1 heterocycles. The molecule has 1 aromatic heterocycles. The summed E-state index contributed by atoms with van der Waals surface area (Å²) < 4.78 is 46.0. The Kier molecular flexibility index (Phi) is 6.92. The number of thiocarbonyl (C=S) groups is 1. The largest absolute Gasteiger partial charge is 0.490 e. The van der Waals surface area contributed by atoms with Crippen molar-refractivity contribution in [1.82, 2.24) is 4.57 Å². The van der Waals surface area contributed by atoms with Gasteiger partial charge < -0.3 is 9.30 Å². The van der Waals surface area contributed by atoms with E-state index in [9.17, 15) is 18.4 Å². The molecule has 1 aromatic carbocycles. The quantitative estimate of drug-likeness (QED) is 0.516. The lowest BCUT2D eigenvalue weighted by atomic mass is 9.95. The van der Waals surface area contributed by atoms with Gasteiger partial charge in [-0.25, -0.2) is 4.99 Å². The number of alkyl halides is 3. The maximum Gasteiger partial charge on any atom is 0.390 e. The second kappa shape index (κ2) is 9.13. The van der Waals surface area contributed by atoms with Crippen LogP contribution in [0.15, 0.2) is 29.4 Å². The number of hydrogen-bond donors (Lipinski definition) is 0. The molecule has 166 valence electrons. The molecule has 0 amide bonds. The Morgan fingerprint density at radius 1 is 1.32 bits per heavy atom. The third kappa shape index (κ3) is 6.17. The first-order valence-electron chi connectivity index (χ1n) is 10.0. The highest BCUT2D eigenvalue weighted by Gasteiger charge is 2.28. The minimum atomic E-state index is -4.26. The highest BCUT2D eigenvalue weighted by atomic mass is 32.1. The predicted molar refractivity (Wildman–Crippen MR) is 118 cm³/mol. The molecule has 0 N–H and O–H groups in total. The van der Waals surface area contributed by atoms with Gasteiger partial charge in [-0.3, -0.25) is 0 Å². The highest BCUT2D eigenvalue weighted by Crippen LogP contribution is 2.30. The number of rotatable bonds is 5. The topological polar surface area (TPSA) is 50.3 Å². The van der Waals surface area contributed by atoms with Gasteiger partial charge in [0.15, 0.2) is 4.80 Å². The molecule has 31 heavy (non-hydrogen) atoms. The highest BCUT2D eigenvalue weighted by molar-refractivity contribution is 7.80. The van der Waals surface area contributed by atoms with E-state index in [-0.39, 0.29) is 23.1 Å². The van der Waals surface area contributed by atoms with Crippen molar-refractivity contribution in [1.29, 1.82) is 5.26 Å². The SMILES string of the molecule is CC(C)(C)c1cn(CCC(F)(F)F)c(=NC(=S)c2cc(C#N)ccc2OC2CCC2)s1. The van der Waals surface area contributed by atoms with Crippen LogP contribution >= 0.6 is 23.6 Å². The van der Waals surface area contributed by atoms with Crippen molar-refractivity contribution in [2.75, 3.05) is 0 Å². The summed E-state index contributed by atoms with van der Waals surface area (Å²) in [7, 11) is 0. The summed E-state index contributed by atoms with van der Waals surface area (Å²) in [5.74, 6) is 0.548. The fraction of sp³-hybridized carbons (Fsp3) is 0.500. The molecule has 9 heteroatoms. The van der Waals surface area contributed by atoms with Gasteiger partial charge in [0.25, 0.3) is 0 Å². The number of aromatic nitrogens is 1. The summed E-state index contributed by atoms with van der Waals surface area (Å²) >= 11 is 6.86. The van der Waals surface area contributed by atoms with E-state index in [1.165, 1.54) is 15.9 Å². The van der Waals surface area contributed by atoms with E-state index in [4.69, 9.17) is 17.0 Å². The molecule has 3 rings (SSSR count). The maximum atomic E-state index is 12.8. The lowest BCUT2D eigenvalue weighted by Crippen LogP contribution is -2.25. The number of aryl methyl sites for hydroxylation is 1. The fourth-order valence-corrected chi connectivity index (χ4v) is 4.29. The van der Waals surface area contributed by atoms with Crippen molar-refractivity contribution in [3.8, 4) is 11.8 Å². The van der Waals surface area contributed by atoms with Crippen LogP contribution in [0.1, 0.15) is 62.5 Å². The lowest BCUT2D eigenvalue weighted by molar-refractivity contribution is -0.136. The van der Waals surface area contributed by atoms with Crippen molar-refractivity contribution in [2.45, 2.75) is 70.7 Å². The van der Waals surface area contributed by atoms with E-state index >= 15 is 0 Å². The molecule has 0 bridgehead atoms. The number of ether oxygens (including phenoxy) is 1. The Bertz CT molecular complexity index is 1070. The van der Waals surface area contributed by atoms with Gasteiger partial charge in [-0.15, -0.1) is 11.3 Å². The number of nitrogens with zero attached hydrogens (tertiary/aromatic N) is 3. The molecule has 0 unspecified atom stereocenters. The molecular weight excluding hydrogens is 443 g/mol. The lowest BCUT2D eigenvalue weighted by Gasteiger charge is -2.27. The van der Waals surface area contributed by atoms with Gasteiger partial charge in [0, 0.05) is 17.6 Å². The molecule has 2 aromatic rings. The van der Waals surface area contributed by atoms with Crippen molar-refractivity contribution in [3.63, 3.8) is 0 Å². The second-order valence-corrected chi connectivity index (χ2v) is 9.99. The molecular formula is C22H24F3N3OS2. The van der Waals surface area contributed by atoms with E-state index in [0.717, 1.165) is 24.1 Å². The summed E-state index contributed by atoms with van der Waals surface area (Å²) in [6, 6.07) is 7.07. The van der Waals surface area contributed by atoms with Crippen molar-refractivity contribution >= 4 is 28.5 Å². The first kappa shape index (κ1) is 23.5. The first-order valence-corrected chi connectivity index (χ1v) is 11.3. The predicted octanol–water partition coefficient (Wildman–Crippen LogP) is 5.88. The molecule has 0 aliphatic heterocycles. The zero-order chi connectivity index (χ0) is 22.8. The molecule has 0 atom stereocenters. The van der Waals surface area contributed by atoms with E-state index < -0.39 is 12.6 Å². The molecule has 1 aliphatic carbocycles. The Labute approximate surface area is 189 Å². The minimum absolute atomic E-state index is 0.112. The van der Waals surface area contributed by atoms with Crippen LogP contribution in [0.2, 0.25) is 0 Å². The monoisotopic (exact) mass is 467 g/mol. The van der Waals surface area contributed by atoms with Gasteiger partial charge in [-0.05, 0) is 42.9 Å². The molecule has 1 aliphatic rings. The second-order valence-electron chi connectivity index (χ2n) is 8.60. The van der Waals surface area contributed by atoms with E-state index in [2.05, 4.69) is 11.1 Å². The Morgan fingerprint density at radius 3 is 2.58 bits per heavy atom. The Morgan fingerprint density at radius 2 is 2.03 bits per heavy atom. The summed E-state index contributed by atoms with van der Waals surface area (Å²) in [5, 5.41) is 9.27. The van der Waals surface area contributed by atoms with Crippen LogP contribution in [0.4, 0.5) is 13.2 Å². The number of thiazole rings is 1. The number of nitriles is 1. The molecule has 0 radical (unpaired) electrons. The summed E-state index contributed by atoms with van der Waals surface area (Å²) in [6.07, 6.45) is -0.362. The van der Waals surface area contributed by atoms with Gasteiger partial charge in [-0.1, -0.05) is 33.0 Å². The van der Waals surface area contributed by atoms with Crippen molar-refractivity contribution in [3.05, 3.63) is 45.2 Å². The van der Waals surface area contributed by atoms with Gasteiger partial charge in [0.05, 0.1) is 29.7 Å². The van der Waals surface area contributed by atoms with Gasteiger partial charge in [-0.2, -0.15) is 18.4 Å². The third-order valence-corrected chi connectivity index (χ3v) is 6.73. The van der Waals surface area contributed by atoms with E-state index in [1.807, 2.05) is 20.8 Å². The van der Waals surface area contributed by atoms with E-state index in [0.29, 0.717) is 21.7 Å². The van der Waals surface area contributed by atoms with E-state index in [1.54, 1.807) is 24.4 Å². The first-order chi connectivity index (χ1) is 14.5. The standard InChI is InChI=1S/C22H24F3N3OS2/c1-21(2,3)18-13-28(10-9-22(23,24)25)20(31-18)27-19(30)16-11-14(12-26)7-8-17(16)29-15-5-4-6-15/h7-8,11,13,15H,4-6,9-10H2,1-3H3. The molecule has 1 fully saturated rings. The van der Waals surface area contributed by atoms with Crippen LogP contribution in [0.25, 0.3) is 0 Å². The number of halogens is 3.